The van der Waals surface area contributed by atoms with Gasteiger partial charge in [0, 0.05) is 22.9 Å². The first-order valence-corrected chi connectivity index (χ1v) is 8.94. The Kier molecular flexibility index (Phi) is 3.28. The van der Waals surface area contributed by atoms with E-state index in [1.165, 1.54) is 0 Å². The molecule has 2 heterocycles. The monoisotopic (exact) mass is 373 g/mol. The molecular formula is C19H19NO7. The molecular weight excluding hydrogens is 354 g/mol. The van der Waals surface area contributed by atoms with E-state index >= 15 is 0 Å². The standard InChI is InChI=1S/C19H19NO7/c1-20-7-6-19-10-3-5-13(26-18(23)24)16(19)27-15-12(25-17(21)22)4-2-9(14(15)19)8-11(10)20/h2-5,10-11,13,16H,6-8H2,1H3,(H,21,22)(H,23,24)/t10-,11+,13-,16-,19-/m0/s1. The van der Waals surface area contributed by atoms with Crippen LogP contribution >= 0.6 is 0 Å². The van der Waals surface area contributed by atoms with Crippen LogP contribution in [-0.4, -0.2) is 59.3 Å². The van der Waals surface area contributed by atoms with E-state index < -0.39 is 29.9 Å². The van der Waals surface area contributed by atoms with Crippen LogP contribution in [0.3, 0.4) is 0 Å². The van der Waals surface area contributed by atoms with Crippen LogP contribution in [0.2, 0.25) is 0 Å². The average molecular weight is 373 g/mol. The molecule has 2 aliphatic heterocycles. The Hall–Kier alpha value is -2.74. The summed E-state index contributed by atoms with van der Waals surface area (Å²) in [4.78, 5) is 24.6. The molecule has 5 rings (SSSR count). The van der Waals surface area contributed by atoms with Crippen molar-refractivity contribution in [1.82, 2.24) is 4.90 Å². The number of rotatable bonds is 2. The van der Waals surface area contributed by atoms with Gasteiger partial charge in [0.05, 0.1) is 0 Å². The number of ether oxygens (including phenoxy) is 3. The largest absolute Gasteiger partial charge is 0.511 e. The molecule has 0 saturated carbocycles. The lowest BCUT2D eigenvalue weighted by molar-refractivity contribution is -0.0579. The van der Waals surface area contributed by atoms with Crippen molar-refractivity contribution in [2.75, 3.05) is 13.6 Å². The number of likely N-dealkylation sites (tertiary alicyclic amines) is 1. The van der Waals surface area contributed by atoms with Crippen molar-refractivity contribution in [2.45, 2.75) is 36.5 Å². The van der Waals surface area contributed by atoms with E-state index in [-0.39, 0.29) is 17.7 Å². The highest BCUT2D eigenvalue weighted by Gasteiger charge is 2.65. The third-order valence-electron chi connectivity index (χ3n) is 6.55. The molecule has 8 nitrogen and oxygen atoms in total. The molecule has 0 unspecified atom stereocenters. The Morgan fingerprint density at radius 2 is 2.07 bits per heavy atom. The first kappa shape index (κ1) is 16.4. The van der Waals surface area contributed by atoms with Crippen LogP contribution in [0.1, 0.15) is 17.5 Å². The van der Waals surface area contributed by atoms with Gasteiger partial charge in [0.15, 0.2) is 17.6 Å². The third-order valence-corrected chi connectivity index (χ3v) is 6.55. The topological polar surface area (TPSA) is 106 Å². The second-order valence-electron chi connectivity index (χ2n) is 7.63. The first-order valence-electron chi connectivity index (χ1n) is 8.94. The van der Waals surface area contributed by atoms with E-state index in [1.54, 1.807) is 12.1 Å². The predicted octanol–water partition coefficient (Wildman–Crippen LogP) is 2.25. The van der Waals surface area contributed by atoms with Gasteiger partial charge in [-0.25, -0.2) is 9.59 Å². The lowest BCUT2D eigenvalue weighted by Crippen LogP contribution is -2.65. The zero-order valence-electron chi connectivity index (χ0n) is 14.6. The zero-order valence-corrected chi connectivity index (χ0v) is 14.6. The second kappa shape index (κ2) is 5.39. The summed E-state index contributed by atoms with van der Waals surface area (Å²) in [6.07, 6.45) is 1.36. The van der Waals surface area contributed by atoms with Crippen LogP contribution in [-0.2, 0) is 16.6 Å². The van der Waals surface area contributed by atoms with Crippen molar-refractivity contribution in [3.8, 4) is 11.5 Å². The average Bonchev–Trinajstić information content (AvgIpc) is 2.95. The van der Waals surface area contributed by atoms with Gasteiger partial charge in [-0.3, -0.25) is 0 Å². The fourth-order valence-corrected chi connectivity index (χ4v) is 5.60. The molecule has 1 fully saturated rings. The van der Waals surface area contributed by atoms with Crippen LogP contribution < -0.4 is 9.47 Å². The molecule has 0 amide bonds. The van der Waals surface area contributed by atoms with Gasteiger partial charge in [0.1, 0.15) is 6.10 Å². The Morgan fingerprint density at radius 3 is 2.81 bits per heavy atom. The summed E-state index contributed by atoms with van der Waals surface area (Å²) in [7, 11) is 2.10. The molecule has 0 radical (unpaired) electrons. The predicted molar refractivity (Wildman–Crippen MR) is 91.5 cm³/mol. The van der Waals surface area contributed by atoms with Gasteiger partial charge in [-0.15, -0.1) is 0 Å². The quantitative estimate of drug-likeness (QED) is 0.462. The van der Waals surface area contributed by atoms with Gasteiger partial charge in [-0.2, -0.15) is 0 Å². The molecule has 4 aliphatic rings. The molecule has 1 aromatic carbocycles. The van der Waals surface area contributed by atoms with Crippen molar-refractivity contribution in [2.24, 2.45) is 5.92 Å². The Labute approximate surface area is 154 Å². The normalized spacial score (nSPS) is 35.1. The summed E-state index contributed by atoms with van der Waals surface area (Å²) >= 11 is 0. The van der Waals surface area contributed by atoms with E-state index in [0.29, 0.717) is 5.75 Å². The van der Waals surface area contributed by atoms with E-state index in [4.69, 9.17) is 24.4 Å². The van der Waals surface area contributed by atoms with Gasteiger partial charge in [-0.05, 0) is 44.1 Å². The van der Waals surface area contributed by atoms with Crippen LogP contribution in [0.15, 0.2) is 24.3 Å². The number of nitrogens with zero attached hydrogens (tertiary/aromatic N) is 1. The number of benzene rings is 1. The van der Waals surface area contributed by atoms with Gasteiger partial charge in [0.2, 0.25) is 0 Å². The van der Waals surface area contributed by atoms with Crippen molar-refractivity contribution >= 4 is 12.3 Å². The van der Waals surface area contributed by atoms with Gasteiger partial charge < -0.3 is 29.3 Å². The summed E-state index contributed by atoms with van der Waals surface area (Å²) < 4.78 is 16.3. The Balaban J connectivity index is 1.71. The SMILES string of the molecule is CN1CC[C@]23c4c5ccc(OC(=O)O)c4O[C@H]2[C@@H](OC(=O)O)C=C[C@H]3[C@H]1C5. The first-order chi connectivity index (χ1) is 12.9. The number of likely N-dealkylation sites (N-methyl/N-ethyl adjacent to an activating group) is 1. The van der Waals surface area contributed by atoms with Crippen LogP contribution in [0.4, 0.5) is 9.59 Å². The molecule has 1 aromatic rings. The Morgan fingerprint density at radius 1 is 1.26 bits per heavy atom. The number of carboxylic acid groups (broad SMARTS) is 2. The van der Waals surface area contributed by atoms with Crippen LogP contribution in [0, 0.1) is 5.92 Å². The molecule has 2 aliphatic carbocycles. The van der Waals surface area contributed by atoms with Crippen molar-refractivity contribution in [1.29, 1.82) is 0 Å². The molecule has 2 bridgehead atoms. The highest BCUT2D eigenvalue weighted by atomic mass is 16.7. The van der Waals surface area contributed by atoms with Gasteiger partial charge in [-0.1, -0.05) is 12.1 Å². The second-order valence-corrected chi connectivity index (χ2v) is 7.63. The molecule has 2 N–H and O–H groups in total. The van der Waals surface area contributed by atoms with E-state index in [9.17, 15) is 9.59 Å². The van der Waals surface area contributed by atoms with E-state index in [2.05, 4.69) is 18.0 Å². The maximum atomic E-state index is 11.2. The molecule has 27 heavy (non-hydrogen) atoms. The molecule has 5 atom stereocenters. The van der Waals surface area contributed by atoms with Crippen molar-refractivity contribution in [3.63, 3.8) is 0 Å². The molecule has 8 heteroatoms. The summed E-state index contributed by atoms with van der Waals surface area (Å²) in [5, 5.41) is 18.2. The fraction of sp³-hybridized carbons (Fsp3) is 0.474. The van der Waals surface area contributed by atoms with E-state index in [0.717, 1.165) is 30.5 Å². The fourth-order valence-electron chi connectivity index (χ4n) is 5.60. The van der Waals surface area contributed by atoms with Crippen LogP contribution in [0.25, 0.3) is 0 Å². The highest BCUT2D eigenvalue weighted by Crippen LogP contribution is 2.62. The molecule has 142 valence electrons. The highest BCUT2D eigenvalue weighted by molar-refractivity contribution is 5.68. The number of piperidine rings is 1. The minimum absolute atomic E-state index is 0.142. The maximum Gasteiger partial charge on any atom is 0.511 e. The molecule has 0 aromatic heterocycles. The van der Waals surface area contributed by atoms with E-state index in [1.807, 2.05) is 6.07 Å². The summed E-state index contributed by atoms with van der Waals surface area (Å²) in [6.45, 7) is 0.845. The smallest absolute Gasteiger partial charge is 0.481 e. The lowest BCUT2D eigenvalue weighted by Gasteiger charge is -2.56. The summed E-state index contributed by atoms with van der Waals surface area (Å²) in [5.74, 6) is 0.703. The number of hydrogen-bond acceptors (Lipinski definition) is 6. The third kappa shape index (κ3) is 2.07. The van der Waals surface area contributed by atoms with Crippen molar-refractivity contribution < 1.29 is 34.0 Å². The van der Waals surface area contributed by atoms with Crippen molar-refractivity contribution in [3.05, 3.63) is 35.4 Å². The minimum atomic E-state index is -1.41. The van der Waals surface area contributed by atoms with Gasteiger partial charge in [0.25, 0.3) is 0 Å². The summed E-state index contributed by atoms with van der Waals surface area (Å²) in [5.41, 5.74) is 1.62. The maximum absolute atomic E-state index is 11.2. The van der Waals surface area contributed by atoms with Crippen LogP contribution in [0.5, 0.6) is 11.5 Å². The number of carbonyl (C=O) groups is 2. The van der Waals surface area contributed by atoms with Gasteiger partial charge >= 0.3 is 12.3 Å². The summed E-state index contributed by atoms with van der Waals surface area (Å²) in [6, 6.07) is 3.79. The Bertz CT molecular complexity index is 881. The molecule has 1 saturated heterocycles. The number of hydrogen-bond donors (Lipinski definition) is 2. The molecule has 1 spiro atoms. The minimum Gasteiger partial charge on any atom is -0.481 e. The zero-order chi connectivity index (χ0) is 18.9. The lowest BCUT2D eigenvalue weighted by atomic mass is 9.53.